The molecule has 3 nitrogen and oxygen atoms in total. The van der Waals surface area contributed by atoms with Crippen LogP contribution in [-0.2, 0) is 4.74 Å². The Hall–Kier alpha value is -0.120. The van der Waals surface area contributed by atoms with E-state index in [4.69, 9.17) is 4.74 Å². The maximum Gasteiger partial charge on any atom is 0.0593 e. The largest absolute Gasteiger partial charge is 0.393 e. The molecule has 0 aromatic heterocycles. The van der Waals surface area contributed by atoms with Crippen LogP contribution in [0.2, 0.25) is 0 Å². The molecule has 2 fully saturated rings. The predicted octanol–water partition coefficient (Wildman–Crippen LogP) is 2.82. The van der Waals surface area contributed by atoms with E-state index >= 15 is 0 Å². The molecule has 0 saturated heterocycles. The maximum atomic E-state index is 10.1. The molecule has 2 aliphatic carbocycles. The molecule has 2 atom stereocenters. The van der Waals surface area contributed by atoms with Crippen LogP contribution in [0.4, 0.5) is 0 Å². The van der Waals surface area contributed by atoms with Crippen molar-refractivity contribution in [2.75, 3.05) is 26.3 Å². The van der Waals surface area contributed by atoms with Crippen molar-refractivity contribution in [3.63, 3.8) is 0 Å². The van der Waals surface area contributed by atoms with Crippen molar-refractivity contribution in [1.29, 1.82) is 0 Å². The molecular formula is C16H31NO2. The third-order valence-electron chi connectivity index (χ3n) is 5.35. The van der Waals surface area contributed by atoms with Crippen molar-refractivity contribution in [2.24, 2.45) is 5.41 Å². The fourth-order valence-corrected chi connectivity index (χ4v) is 4.31. The zero-order valence-corrected chi connectivity index (χ0v) is 12.7. The number of hydrogen-bond acceptors (Lipinski definition) is 3. The van der Waals surface area contributed by atoms with Crippen molar-refractivity contribution in [1.82, 2.24) is 4.90 Å². The molecule has 2 aliphatic rings. The number of aliphatic hydroxyl groups is 1. The topological polar surface area (TPSA) is 32.7 Å². The van der Waals surface area contributed by atoms with E-state index in [9.17, 15) is 5.11 Å². The molecule has 0 aliphatic heterocycles. The molecule has 112 valence electrons. The summed E-state index contributed by atoms with van der Waals surface area (Å²) in [6, 6.07) is 0.573. The van der Waals surface area contributed by atoms with Crippen LogP contribution in [-0.4, -0.2) is 48.5 Å². The second-order valence-electron chi connectivity index (χ2n) is 6.34. The van der Waals surface area contributed by atoms with Gasteiger partial charge in [-0.1, -0.05) is 19.8 Å². The van der Waals surface area contributed by atoms with E-state index in [0.717, 1.165) is 39.1 Å². The zero-order chi connectivity index (χ0) is 13.7. The van der Waals surface area contributed by atoms with Gasteiger partial charge in [0.25, 0.3) is 0 Å². The summed E-state index contributed by atoms with van der Waals surface area (Å²) in [4.78, 5) is 2.57. The van der Waals surface area contributed by atoms with Crippen LogP contribution in [0.5, 0.6) is 0 Å². The minimum atomic E-state index is -0.0858. The van der Waals surface area contributed by atoms with Gasteiger partial charge in [0.15, 0.2) is 0 Å². The first kappa shape index (κ1) is 15.3. The molecule has 1 N–H and O–H groups in total. The average Bonchev–Trinajstić information content (AvgIpc) is 2.88. The molecule has 2 unspecified atom stereocenters. The summed E-state index contributed by atoms with van der Waals surface area (Å²) < 4.78 is 5.53. The highest BCUT2D eigenvalue weighted by Crippen LogP contribution is 2.50. The van der Waals surface area contributed by atoms with Crippen molar-refractivity contribution >= 4 is 0 Å². The van der Waals surface area contributed by atoms with Crippen molar-refractivity contribution in [3.05, 3.63) is 0 Å². The van der Waals surface area contributed by atoms with E-state index < -0.39 is 0 Å². The fourth-order valence-electron chi connectivity index (χ4n) is 4.31. The van der Waals surface area contributed by atoms with Crippen LogP contribution < -0.4 is 0 Å². The number of nitrogens with zero attached hydrogens (tertiary/aromatic N) is 1. The Labute approximate surface area is 118 Å². The van der Waals surface area contributed by atoms with Crippen LogP contribution in [0.3, 0.4) is 0 Å². The molecule has 0 radical (unpaired) electrons. The summed E-state index contributed by atoms with van der Waals surface area (Å²) in [7, 11) is 0. The number of rotatable bonds is 6. The van der Waals surface area contributed by atoms with E-state index in [-0.39, 0.29) is 6.10 Å². The summed E-state index contributed by atoms with van der Waals surface area (Å²) in [6.07, 6.45) is 8.64. The third-order valence-corrected chi connectivity index (χ3v) is 5.35. The Bertz CT molecular complexity index is 263. The molecule has 0 bridgehead atoms. The van der Waals surface area contributed by atoms with Gasteiger partial charge in [0.1, 0.15) is 0 Å². The van der Waals surface area contributed by atoms with E-state index in [0.29, 0.717) is 11.5 Å². The number of aliphatic hydroxyl groups excluding tert-OH is 1. The molecular weight excluding hydrogens is 238 g/mol. The molecule has 0 heterocycles. The quantitative estimate of drug-likeness (QED) is 0.753. The maximum absolute atomic E-state index is 10.1. The molecule has 19 heavy (non-hydrogen) atoms. The Balaban J connectivity index is 2.02. The van der Waals surface area contributed by atoms with Crippen LogP contribution in [0.1, 0.15) is 58.8 Å². The molecule has 3 heteroatoms. The third kappa shape index (κ3) is 3.50. The first-order valence-electron chi connectivity index (χ1n) is 8.21. The van der Waals surface area contributed by atoms with Gasteiger partial charge in [-0.2, -0.15) is 0 Å². The lowest BCUT2D eigenvalue weighted by atomic mass is 9.67. The molecule has 1 spiro atoms. The smallest absolute Gasteiger partial charge is 0.0593 e. The highest BCUT2D eigenvalue weighted by molar-refractivity contribution is 5.00. The van der Waals surface area contributed by atoms with Crippen molar-refractivity contribution in [2.45, 2.75) is 70.9 Å². The summed E-state index contributed by atoms with van der Waals surface area (Å²) >= 11 is 0. The normalized spacial score (nSPS) is 30.3. The lowest BCUT2D eigenvalue weighted by Gasteiger charge is -2.48. The molecule has 2 saturated carbocycles. The van der Waals surface area contributed by atoms with Crippen molar-refractivity contribution in [3.8, 4) is 0 Å². The van der Waals surface area contributed by atoms with Gasteiger partial charge in [0.2, 0.25) is 0 Å². The number of ether oxygens (including phenoxy) is 1. The highest BCUT2D eigenvalue weighted by Gasteiger charge is 2.46. The highest BCUT2D eigenvalue weighted by atomic mass is 16.5. The van der Waals surface area contributed by atoms with Crippen LogP contribution in [0, 0.1) is 5.41 Å². The van der Waals surface area contributed by atoms with Gasteiger partial charge in [0.05, 0.1) is 12.7 Å². The minimum Gasteiger partial charge on any atom is -0.393 e. The predicted molar refractivity (Wildman–Crippen MR) is 78.3 cm³/mol. The SMILES string of the molecule is CCOCCN(CC)C1CC(O)CCC12CCCC2. The van der Waals surface area contributed by atoms with Gasteiger partial charge < -0.3 is 9.84 Å². The first-order chi connectivity index (χ1) is 9.22. The summed E-state index contributed by atoms with van der Waals surface area (Å²) in [5.74, 6) is 0. The number of hydrogen-bond donors (Lipinski definition) is 1. The van der Waals surface area contributed by atoms with Crippen LogP contribution >= 0.6 is 0 Å². The zero-order valence-electron chi connectivity index (χ0n) is 12.7. The lowest BCUT2D eigenvalue weighted by Crippen LogP contribution is -2.52. The van der Waals surface area contributed by atoms with E-state index in [1.54, 1.807) is 0 Å². The van der Waals surface area contributed by atoms with Gasteiger partial charge in [-0.05, 0) is 51.0 Å². The standard InChI is InChI=1S/C16H31NO2/c1-3-17(11-12-19-4-2)15-13-14(18)7-10-16(15)8-5-6-9-16/h14-15,18H,3-13H2,1-2H3. The minimum absolute atomic E-state index is 0.0858. The molecule has 0 aromatic carbocycles. The van der Waals surface area contributed by atoms with Gasteiger partial charge in [-0.3, -0.25) is 4.90 Å². The monoisotopic (exact) mass is 269 g/mol. The Morgan fingerprint density at radius 2 is 1.95 bits per heavy atom. The van der Waals surface area contributed by atoms with Gasteiger partial charge in [-0.15, -0.1) is 0 Å². The molecule has 2 rings (SSSR count). The molecule has 0 aromatic rings. The lowest BCUT2D eigenvalue weighted by molar-refractivity contribution is -0.0331. The van der Waals surface area contributed by atoms with Crippen LogP contribution in [0.15, 0.2) is 0 Å². The molecule has 0 amide bonds. The van der Waals surface area contributed by atoms with E-state index in [1.165, 1.54) is 32.1 Å². The van der Waals surface area contributed by atoms with Gasteiger partial charge in [0, 0.05) is 19.2 Å². The second kappa shape index (κ2) is 7.05. The Kier molecular flexibility index (Phi) is 5.67. The van der Waals surface area contributed by atoms with Gasteiger partial charge in [-0.25, -0.2) is 0 Å². The summed E-state index contributed by atoms with van der Waals surface area (Å²) in [5, 5.41) is 10.1. The fraction of sp³-hybridized carbons (Fsp3) is 1.00. The van der Waals surface area contributed by atoms with Gasteiger partial charge >= 0.3 is 0 Å². The van der Waals surface area contributed by atoms with Crippen LogP contribution in [0.25, 0.3) is 0 Å². The van der Waals surface area contributed by atoms with E-state index in [1.807, 2.05) is 0 Å². The Morgan fingerprint density at radius 1 is 1.21 bits per heavy atom. The second-order valence-corrected chi connectivity index (χ2v) is 6.34. The van der Waals surface area contributed by atoms with E-state index in [2.05, 4.69) is 18.7 Å². The first-order valence-corrected chi connectivity index (χ1v) is 8.21. The number of likely N-dealkylation sites (N-methyl/N-ethyl adjacent to an activating group) is 1. The summed E-state index contributed by atoms with van der Waals surface area (Å²) in [5.41, 5.74) is 0.501. The van der Waals surface area contributed by atoms with Crippen molar-refractivity contribution < 1.29 is 9.84 Å². The Morgan fingerprint density at radius 3 is 2.58 bits per heavy atom. The average molecular weight is 269 g/mol. The summed E-state index contributed by atoms with van der Waals surface area (Å²) in [6.45, 7) is 8.02.